The van der Waals surface area contributed by atoms with Crippen LogP contribution in [0.3, 0.4) is 0 Å². The lowest BCUT2D eigenvalue weighted by Gasteiger charge is -2.17. The van der Waals surface area contributed by atoms with E-state index in [1.807, 2.05) is 62.4 Å². The predicted octanol–water partition coefficient (Wildman–Crippen LogP) is 6.42. The molecule has 4 rings (SSSR count). The van der Waals surface area contributed by atoms with Crippen LogP contribution in [0.5, 0.6) is 0 Å². The topological polar surface area (TPSA) is 68.0 Å². The van der Waals surface area contributed by atoms with Crippen LogP contribution in [0.25, 0.3) is 11.0 Å². The first-order valence-corrected chi connectivity index (χ1v) is 11.7. The zero-order valence-electron chi connectivity index (χ0n) is 16.5. The summed E-state index contributed by atoms with van der Waals surface area (Å²) in [7, 11) is 0. The fourth-order valence-electron chi connectivity index (χ4n) is 3.24. The molecule has 2 heterocycles. The fraction of sp³-hybridized carbons (Fsp3) is 0.227. The molecule has 0 saturated heterocycles. The van der Waals surface area contributed by atoms with Crippen molar-refractivity contribution >= 4 is 51.6 Å². The van der Waals surface area contributed by atoms with Gasteiger partial charge < -0.3 is 9.73 Å². The van der Waals surface area contributed by atoms with Crippen molar-refractivity contribution in [2.24, 2.45) is 0 Å². The smallest absolute Gasteiger partial charge is 0.287 e. The highest BCUT2D eigenvalue weighted by atomic mass is 35.5. The van der Waals surface area contributed by atoms with Crippen molar-refractivity contribution in [3.05, 3.63) is 75.4 Å². The number of benzene rings is 2. The summed E-state index contributed by atoms with van der Waals surface area (Å²) >= 11 is 9.10. The van der Waals surface area contributed by atoms with Gasteiger partial charge in [0, 0.05) is 21.7 Å². The van der Waals surface area contributed by atoms with Crippen molar-refractivity contribution in [3.63, 3.8) is 0 Å². The number of furan rings is 1. The molecule has 0 bridgehead atoms. The number of rotatable bonds is 7. The standard InChI is InChI=1S/C22H20ClN3O2S2/c1-3-18(14-8-10-15(23)11-9-14)24-21(27)20-17(12-29-22-26-25-13(2)30-22)16-6-4-5-7-19(16)28-20/h4-11,18H,3,12H2,1-2H3,(H,24,27). The summed E-state index contributed by atoms with van der Waals surface area (Å²) in [6.45, 7) is 3.96. The minimum absolute atomic E-state index is 0.130. The number of hydrogen-bond donors (Lipinski definition) is 1. The van der Waals surface area contributed by atoms with E-state index in [1.54, 1.807) is 23.1 Å². The first kappa shape index (κ1) is 20.9. The quantitative estimate of drug-likeness (QED) is 0.324. The van der Waals surface area contributed by atoms with Gasteiger partial charge in [0.1, 0.15) is 10.6 Å². The van der Waals surface area contributed by atoms with Gasteiger partial charge >= 0.3 is 0 Å². The Morgan fingerprint density at radius 3 is 2.67 bits per heavy atom. The molecule has 2 aromatic carbocycles. The van der Waals surface area contributed by atoms with E-state index in [1.165, 1.54) is 0 Å². The van der Waals surface area contributed by atoms with Gasteiger partial charge in [0.05, 0.1) is 6.04 Å². The van der Waals surface area contributed by atoms with Crippen molar-refractivity contribution < 1.29 is 9.21 Å². The lowest BCUT2D eigenvalue weighted by molar-refractivity contribution is 0.0908. The first-order valence-electron chi connectivity index (χ1n) is 9.54. The molecule has 5 nitrogen and oxygen atoms in total. The van der Waals surface area contributed by atoms with Gasteiger partial charge in [-0.3, -0.25) is 4.79 Å². The van der Waals surface area contributed by atoms with E-state index < -0.39 is 0 Å². The van der Waals surface area contributed by atoms with Crippen molar-refractivity contribution in [1.82, 2.24) is 15.5 Å². The molecule has 4 aromatic rings. The number of nitrogens with one attached hydrogen (secondary N) is 1. The van der Waals surface area contributed by atoms with Crippen LogP contribution in [0.1, 0.15) is 46.1 Å². The van der Waals surface area contributed by atoms with Gasteiger partial charge in [-0.2, -0.15) is 0 Å². The van der Waals surface area contributed by atoms with Crippen molar-refractivity contribution in [2.45, 2.75) is 36.4 Å². The summed E-state index contributed by atoms with van der Waals surface area (Å²) in [5.41, 5.74) is 2.57. The average Bonchev–Trinajstić information content (AvgIpc) is 3.34. The number of para-hydroxylation sites is 1. The summed E-state index contributed by atoms with van der Waals surface area (Å²) in [4.78, 5) is 13.2. The Kier molecular flexibility index (Phi) is 6.41. The van der Waals surface area contributed by atoms with E-state index in [2.05, 4.69) is 15.5 Å². The maximum absolute atomic E-state index is 13.2. The number of aromatic nitrogens is 2. The molecule has 0 fully saturated rings. The van der Waals surface area contributed by atoms with Gasteiger partial charge in [-0.15, -0.1) is 10.2 Å². The third-order valence-electron chi connectivity index (χ3n) is 4.74. The zero-order valence-corrected chi connectivity index (χ0v) is 18.9. The highest BCUT2D eigenvalue weighted by Crippen LogP contribution is 2.33. The van der Waals surface area contributed by atoms with Crippen LogP contribution in [0.4, 0.5) is 0 Å². The van der Waals surface area contributed by atoms with Gasteiger partial charge in [-0.25, -0.2) is 0 Å². The average molecular weight is 458 g/mol. The zero-order chi connectivity index (χ0) is 21.1. The molecule has 2 aromatic heterocycles. The molecule has 0 aliphatic heterocycles. The van der Waals surface area contributed by atoms with Crippen molar-refractivity contribution in [3.8, 4) is 0 Å². The number of amides is 1. The Morgan fingerprint density at radius 1 is 1.20 bits per heavy atom. The van der Waals surface area contributed by atoms with Crippen LogP contribution in [-0.4, -0.2) is 16.1 Å². The van der Waals surface area contributed by atoms with E-state index in [0.29, 0.717) is 22.1 Å². The maximum atomic E-state index is 13.2. The summed E-state index contributed by atoms with van der Waals surface area (Å²) in [6, 6.07) is 15.1. The van der Waals surface area contributed by atoms with Crippen LogP contribution >= 0.6 is 34.7 Å². The second-order valence-electron chi connectivity index (χ2n) is 6.77. The maximum Gasteiger partial charge on any atom is 0.287 e. The Bertz CT molecular complexity index is 1170. The summed E-state index contributed by atoms with van der Waals surface area (Å²) in [6.07, 6.45) is 0.752. The van der Waals surface area contributed by atoms with Gasteiger partial charge in [0.2, 0.25) is 0 Å². The van der Waals surface area contributed by atoms with Crippen LogP contribution < -0.4 is 5.32 Å². The molecule has 0 aliphatic rings. The van der Waals surface area contributed by atoms with E-state index in [0.717, 1.165) is 32.3 Å². The summed E-state index contributed by atoms with van der Waals surface area (Å²) in [5.74, 6) is 0.695. The minimum Gasteiger partial charge on any atom is -0.451 e. The third-order valence-corrected chi connectivity index (χ3v) is 6.99. The van der Waals surface area contributed by atoms with Gasteiger partial charge in [0.15, 0.2) is 10.1 Å². The molecule has 0 spiro atoms. The van der Waals surface area contributed by atoms with Gasteiger partial charge in [-0.05, 0) is 37.1 Å². The highest BCUT2D eigenvalue weighted by molar-refractivity contribution is 8.00. The van der Waals surface area contributed by atoms with Crippen LogP contribution in [-0.2, 0) is 5.75 Å². The molecule has 1 atom stereocenters. The van der Waals surface area contributed by atoms with E-state index in [9.17, 15) is 4.79 Å². The lowest BCUT2D eigenvalue weighted by Crippen LogP contribution is -2.28. The molecule has 0 saturated carbocycles. The summed E-state index contributed by atoms with van der Waals surface area (Å²) < 4.78 is 6.85. The largest absolute Gasteiger partial charge is 0.451 e. The van der Waals surface area contributed by atoms with E-state index in [-0.39, 0.29) is 11.9 Å². The molecule has 0 aliphatic carbocycles. The molecule has 154 valence electrons. The Labute approximate surface area is 187 Å². The number of halogens is 1. The Morgan fingerprint density at radius 2 is 1.97 bits per heavy atom. The molecule has 8 heteroatoms. The van der Waals surface area contributed by atoms with E-state index >= 15 is 0 Å². The number of hydrogen-bond acceptors (Lipinski definition) is 6. The predicted molar refractivity (Wildman–Crippen MR) is 122 cm³/mol. The highest BCUT2D eigenvalue weighted by Gasteiger charge is 2.23. The second-order valence-corrected chi connectivity index (χ2v) is 9.61. The second kappa shape index (κ2) is 9.20. The Hall–Kier alpha value is -2.35. The van der Waals surface area contributed by atoms with Gasteiger partial charge in [0.25, 0.3) is 5.91 Å². The number of carbonyl (C=O) groups is 1. The summed E-state index contributed by atoms with van der Waals surface area (Å²) in [5, 5.41) is 13.9. The number of fused-ring (bicyclic) bond motifs is 1. The first-order chi connectivity index (χ1) is 14.5. The van der Waals surface area contributed by atoms with Crippen LogP contribution in [0.2, 0.25) is 5.02 Å². The number of aryl methyl sites for hydroxylation is 1. The fourth-order valence-corrected chi connectivity index (χ4v) is 5.21. The third kappa shape index (κ3) is 4.53. The molecule has 0 radical (unpaired) electrons. The molecule has 1 N–H and O–H groups in total. The molecular formula is C22H20ClN3O2S2. The number of carbonyl (C=O) groups excluding carboxylic acids is 1. The molecule has 30 heavy (non-hydrogen) atoms. The molecule has 1 unspecified atom stereocenters. The normalized spacial score (nSPS) is 12.2. The Balaban J connectivity index is 1.61. The monoisotopic (exact) mass is 457 g/mol. The number of nitrogens with zero attached hydrogens (tertiary/aromatic N) is 2. The minimum atomic E-state index is -0.225. The van der Waals surface area contributed by atoms with Crippen molar-refractivity contribution in [1.29, 1.82) is 0 Å². The molecule has 1 amide bonds. The van der Waals surface area contributed by atoms with Crippen LogP contribution in [0, 0.1) is 6.92 Å². The SMILES string of the molecule is CCC(NC(=O)c1oc2ccccc2c1CSc1nnc(C)s1)c1ccc(Cl)cc1. The van der Waals surface area contributed by atoms with Gasteiger partial charge in [-0.1, -0.05) is 72.0 Å². The van der Waals surface area contributed by atoms with Crippen molar-refractivity contribution in [2.75, 3.05) is 0 Å². The number of thioether (sulfide) groups is 1. The molecular weight excluding hydrogens is 438 g/mol. The van der Waals surface area contributed by atoms with Crippen LogP contribution in [0.15, 0.2) is 57.3 Å². The lowest BCUT2D eigenvalue weighted by atomic mass is 10.0. The van der Waals surface area contributed by atoms with E-state index in [4.69, 9.17) is 16.0 Å².